The first kappa shape index (κ1) is 159. The number of hydrogen-bond donors (Lipinski definition) is 7. The Morgan fingerprint density at radius 1 is 0.305 bits per heavy atom. The molecule has 0 aliphatic carbocycles. The Labute approximate surface area is 980 Å². The summed E-state index contributed by atoms with van der Waals surface area (Å²) in [4.78, 5) is 65.0. The van der Waals surface area contributed by atoms with Gasteiger partial charge < -0.3 is 133 Å². The summed E-state index contributed by atoms with van der Waals surface area (Å²) < 4.78 is 327. The molecular weight excluding hydrogens is 2020 g/mol. The van der Waals surface area contributed by atoms with Gasteiger partial charge in [-0.05, 0) is 60.9 Å². The Bertz CT molecular complexity index is 3650. The fourth-order valence-electron chi connectivity index (χ4n) is 12.3. The van der Waals surface area contributed by atoms with Gasteiger partial charge in [0.15, 0.2) is 18.9 Å². The van der Waals surface area contributed by atoms with Crippen LogP contribution in [0, 0.1) is 99.5 Å². The number of ether oxygens (including phenoxy) is 19. The number of aliphatic hydroxyl groups excluding tert-OH is 3. The van der Waals surface area contributed by atoms with Gasteiger partial charge in [0.2, 0.25) is 62.4 Å². The van der Waals surface area contributed by atoms with Gasteiger partial charge in [0, 0.05) is 71.4 Å². The first-order chi connectivity index (χ1) is 55.8. The van der Waals surface area contributed by atoms with E-state index >= 15 is 0 Å². The van der Waals surface area contributed by atoms with Crippen molar-refractivity contribution < 1.29 is 544 Å². The molecule has 8 saturated heterocycles. The second kappa shape index (κ2) is 80.8. The van der Waals surface area contributed by atoms with E-state index in [9.17, 15) is 41.3 Å². The van der Waals surface area contributed by atoms with Crippen molar-refractivity contribution in [1.82, 2.24) is 0 Å². The third kappa shape index (κ3) is 67.5. The predicted octanol–water partition coefficient (Wildman–Crippen LogP) is -35.3. The van der Waals surface area contributed by atoms with Crippen molar-refractivity contribution in [1.29, 1.82) is 0 Å². The van der Waals surface area contributed by atoms with Gasteiger partial charge in [-0.25, -0.2) is 76.2 Å². The maximum absolute atomic E-state index is 11.9. The Kier molecular flexibility index (Phi) is 98.4. The summed E-state index contributed by atoms with van der Waals surface area (Å²) in [5.41, 5.74) is 0. The number of hydrogen-bond acceptors (Lipinski definition) is 50. The van der Waals surface area contributed by atoms with E-state index in [1.165, 1.54) is 61.1 Å². The first-order valence-electron chi connectivity index (χ1n) is 34.3. The van der Waals surface area contributed by atoms with Crippen LogP contribution in [-0.4, -0.2) is 339 Å². The molecular formula is C61H94Na10O54S6-4. The van der Waals surface area contributed by atoms with Gasteiger partial charge in [0.1, 0.15) is 24.4 Å². The molecule has 8 heterocycles. The van der Waals surface area contributed by atoms with E-state index in [2.05, 4.69) is 18.0 Å². The number of aliphatic hydroxyl groups is 3. The normalized spacial score (nSPS) is 34.1. The van der Waals surface area contributed by atoms with Crippen molar-refractivity contribution in [3.05, 3.63) is 52.1 Å². The van der Waals surface area contributed by atoms with Crippen LogP contribution in [-0.2, 0) is 199 Å². The van der Waals surface area contributed by atoms with Gasteiger partial charge in [-0.15, -0.1) is 0 Å². The van der Waals surface area contributed by atoms with Gasteiger partial charge in [-0.2, -0.15) is 64.8 Å². The zero-order valence-corrected chi connectivity index (χ0v) is 101. The summed E-state index contributed by atoms with van der Waals surface area (Å²) in [6.45, 7) is 20.4. The number of carbonyl (C=O) groups excluding carboxylic acids is 8. The molecule has 712 valence electrons. The van der Waals surface area contributed by atoms with Crippen LogP contribution < -0.4 is 296 Å². The standard InChI is InChI=1S/C57H92O30S2.4CO2.10Na.4H2O4S/c1-26-27(2)51(40(18-58)77-34(26)9)84-48-15-37(68-11)42(21-72-48)79-55-31(6)28(3)52(41(19-59)78-55)85-49-16-38(69-12)43(22-73-49)80-57-33(8)30(5)54(46(83-57)25-76-89(64,65)66)87-50-17-39(70-13)44(23-74-50)81-56-32(7)29(4)53(45(82-56)24-75-88(61,62)63)86-47-14-36(67-10)35(60)20-71-47;4*2-1-3;;;;;;;;;;;4*1-5(2,3)4/h14-17,20-23,26-60H,18-19,24-25H2,1-13H3,(H,61,62,63)(H,64,65,66);;;;;;;;;;;;;;;4*(H2,1,2,3,4)/q-8;;;;;10*+1;;;;/p-6/t26?,27-,28-,29-,30-,31?,32?,33?,34+,35-,36+,37+,38+,39+,40?,41?,42+,43+,44+,45?,46?,47+,48+,49+,50+,51+,52+,53+,54+,55+,56-,57-;;;;;;;;;;;;;;;;;;/m1................../s1. The molecule has 8 unspecified atom stereocenters. The number of methoxy groups -OCH3 is 4. The quantitative estimate of drug-likeness (QED) is 0.0183. The van der Waals surface area contributed by atoms with Gasteiger partial charge >= 0.3 is 320 Å². The van der Waals surface area contributed by atoms with E-state index in [4.69, 9.17) is 203 Å². The van der Waals surface area contributed by atoms with E-state index in [-0.39, 0.29) is 357 Å². The van der Waals surface area contributed by atoms with Crippen molar-refractivity contribution in [2.75, 3.05) is 54.9 Å². The Morgan fingerprint density at radius 2 is 0.504 bits per heavy atom. The van der Waals surface area contributed by atoms with Crippen LogP contribution in [0.25, 0.3) is 0 Å². The summed E-state index contributed by atoms with van der Waals surface area (Å²) in [5, 5.41) is 30.9. The minimum absolute atomic E-state index is 0. The van der Waals surface area contributed by atoms with Crippen LogP contribution in [0.2, 0.25) is 0 Å². The van der Waals surface area contributed by atoms with Crippen LogP contribution in [0.5, 0.6) is 0 Å². The minimum Gasteiger partial charge on any atom is -0.726 e. The maximum Gasteiger partial charge on any atom is 1.00 e. The Hall–Kier alpha value is 5.86. The molecule has 131 heavy (non-hydrogen) atoms. The monoisotopic (exact) mass is 2110 g/mol. The number of rotatable bonds is 26. The van der Waals surface area contributed by atoms with E-state index in [1.807, 2.05) is 34.6 Å². The molecule has 0 aromatic heterocycles. The molecule has 0 radical (unpaired) electrons. The van der Waals surface area contributed by atoms with E-state index < -0.39 is 248 Å². The molecule has 0 aromatic rings. The summed E-state index contributed by atoms with van der Waals surface area (Å²) in [7, 11) is -24.3. The molecule has 0 saturated carbocycles. The van der Waals surface area contributed by atoms with Crippen molar-refractivity contribution in [3.63, 3.8) is 0 Å². The van der Waals surface area contributed by atoms with Crippen molar-refractivity contribution in [2.24, 2.45) is 47.3 Å². The third-order valence-electron chi connectivity index (χ3n) is 18.5. The van der Waals surface area contributed by atoms with E-state index in [0.717, 1.165) is 6.61 Å². The fourth-order valence-corrected chi connectivity index (χ4v) is 12.9. The molecule has 8 aliphatic rings. The maximum atomic E-state index is 11.9. The molecule has 0 aromatic carbocycles. The predicted molar refractivity (Wildman–Crippen MR) is 366 cm³/mol. The second-order valence-electron chi connectivity index (χ2n) is 26.0. The van der Waals surface area contributed by atoms with Crippen LogP contribution >= 0.6 is 0 Å². The molecule has 54 nitrogen and oxygen atoms in total. The zero-order valence-electron chi connectivity index (χ0n) is 75.7. The van der Waals surface area contributed by atoms with Gasteiger partial charge in [-0.3, -0.25) is 26.6 Å². The third-order valence-corrected chi connectivity index (χ3v) is 19.4. The largest absolute Gasteiger partial charge is 1.00 e. The Morgan fingerprint density at radius 3 is 0.725 bits per heavy atom. The summed E-state index contributed by atoms with van der Waals surface area (Å²) in [6.07, 6.45) is -13.4. The van der Waals surface area contributed by atoms with E-state index in [1.54, 1.807) is 26.7 Å². The molecule has 0 amide bonds. The molecule has 70 heteroatoms. The van der Waals surface area contributed by atoms with Crippen molar-refractivity contribution >= 4 is 87.0 Å². The molecule has 32 atom stereocenters. The molecule has 7 N–H and O–H groups in total. The topological polar surface area (TPSA) is 815 Å². The molecule has 8 rings (SSSR count). The summed E-state index contributed by atoms with van der Waals surface area (Å²) in [6, 6.07) is 0. The molecule has 8 aliphatic heterocycles. The summed E-state index contributed by atoms with van der Waals surface area (Å²) >= 11 is 0. The molecule has 0 bridgehead atoms. The van der Waals surface area contributed by atoms with Crippen LogP contribution in [0.1, 0.15) is 62.3 Å². The van der Waals surface area contributed by atoms with Crippen LogP contribution in [0.15, 0.2) is 0 Å². The van der Waals surface area contributed by atoms with Crippen LogP contribution in [0.4, 0.5) is 0 Å². The second-order valence-corrected chi connectivity index (χ2v) is 31.5. The first-order valence-corrected chi connectivity index (χ1v) is 42.4. The van der Waals surface area contributed by atoms with Gasteiger partial charge in [-0.1, -0.05) is 79.8 Å². The van der Waals surface area contributed by atoms with Crippen LogP contribution in [0.3, 0.4) is 0 Å². The van der Waals surface area contributed by atoms with Gasteiger partial charge in [0.05, 0.1) is 56.9 Å². The molecule has 8 fully saturated rings. The minimum atomic E-state index is -5.23. The smallest absolute Gasteiger partial charge is 0.726 e. The Balaban J connectivity index is -0.000000330. The summed E-state index contributed by atoms with van der Waals surface area (Å²) in [5.74, 6) is -2.26. The molecule has 0 spiro atoms. The van der Waals surface area contributed by atoms with Gasteiger partial charge in [0.25, 0.3) is 0 Å². The fraction of sp³-hybridized carbons (Fsp3) is 0.803. The van der Waals surface area contributed by atoms with E-state index in [0.29, 0.717) is 0 Å². The zero-order chi connectivity index (χ0) is 93.6. The van der Waals surface area contributed by atoms with Crippen molar-refractivity contribution in [3.8, 4) is 0 Å². The SMILES string of the molecule is CO[C@H]1[CH-][C@H](O[C@@H]2C(COS(=O)(=O)[O-])O[C@@H](O[C@H]3[CH-]O[C@@H](O[C@@H]4C(COS(=O)(=O)[O-])O[C@@H](O[C@H]5[CH-]O[C@@H](O[C@@H]6C(CO)O[C@@H](O[C@H]7[CH-]O[C@@H](O[C@@H]8C(CO)O[C@@H](C)C(C)[C@H]8C)[CH-][C@@H]7OC)C(C)[C@H]6C)[CH-][C@@H]5OC)C(C)[C@H]4C)[CH-][C@@H]3OC)C(C)[C@H]2C)O[CH-][C@H]1O.O=C=O.O=C=O.O=C=O.O=C=O.O=S(=O)([O-])O.O=S(=O)([O-])O.O=S(=O)([O-])O.O=S(=O)([O-])O.[Na+].[Na+].[Na+].[Na+].[Na+].[Na+].[Na+].[Na+].[Na+].[Na+]. The average molecular weight is 2110 g/mol. The average Bonchev–Trinajstić information content (AvgIpc) is 0.792. The van der Waals surface area contributed by atoms with Crippen molar-refractivity contribution in [2.45, 2.75) is 210 Å².